The van der Waals surface area contributed by atoms with Gasteiger partial charge >= 0.3 is 0 Å². The van der Waals surface area contributed by atoms with Crippen molar-refractivity contribution < 1.29 is 0 Å². The third kappa shape index (κ3) is 1.42. The predicted octanol–water partition coefficient (Wildman–Crippen LogP) is 4.06. The van der Waals surface area contributed by atoms with Crippen LogP contribution < -0.4 is 0 Å². The Morgan fingerprint density at radius 3 is 2.46 bits per heavy atom. The summed E-state index contributed by atoms with van der Waals surface area (Å²) in [6.45, 7) is 4.18. The van der Waals surface area contributed by atoms with Crippen LogP contribution in [0.25, 0.3) is 11.1 Å². The van der Waals surface area contributed by atoms with Crippen molar-refractivity contribution in [1.29, 1.82) is 0 Å². The van der Waals surface area contributed by atoms with E-state index >= 15 is 0 Å². The van der Waals surface area contributed by atoms with Crippen molar-refractivity contribution in [2.45, 2.75) is 13.8 Å². The first-order valence-corrected chi connectivity index (χ1v) is 4.72. The lowest BCUT2D eigenvalue weighted by Gasteiger charge is -1.96. The Morgan fingerprint density at radius 1 is 1.00 bits per heavy atom. The van der Waals surface area contributed by atoms with E-state index in [0.717, 1.165) is 10.6 Å². The quantitative estimate of drug-likeness (QED) is 0.588. The summed E-state index contributed by atoms with van der Waals surface area (Å²) in [5.74, 6) is 0. The molecular formula is C12H11Cl. The van der Waals surface area contributed by atoms with Crippen LogP contribution in [0.1, 0.15) is 11.1 Å². The summed E-state index contributed by atoms with van der Waals surface area (Å²) in [6, 6.07) is 10.4. The van der Waals surface area contributed by atoms with E-state index in [-0.39, 0.29) is 0 Å². The number of fused-ring (bicyclic) bond motifs is 1. The highest BCUT2D eigenvalue weighted by atomic mass is 35.5. The van der Waals surface area contributed by atoms with Gasteiger partial charge in [0.15, 0.2) is 0 Å². The van der Waals surface area contributed by atoms with Gasteiger partial charge in [0, 0.05) is 10.6 Å². The van der Waals surface area contributed by atoms with Gasteiger partial charge in [-0.2, -0.15) is 0 Å². The second kappa shape index (κ2) is 3.04. The van der Waals surface area contributed by atoms with E-state index in [1.165, 1.54) is 16.7 Å². The molecule has 0 radical (unpaired) electrons. The highest BCUT2D eigenvalue weighted by Gasteiger charge is 2.07. The number of rotatable bonds is 0. The molecule has 0 atom stereocenters. The van der Waals surface area contributed by atoms with Crippen molar-refractivity contribution in [1.82, 2.24) is 0 Å². The van der Waals surface area contributed by atoms with Crippen LogP contribution in [0.3, 0.4) is 0 Å². The maximum atomic E-state index is 6.16. The van der Waals surface area contributed by atoms with E-state index in [2.05, 4.69) is 32.0 Å². The smallest absolute Gasteiger partial charge is 0.0487 e. The van der Waals surface area contributed by atoms with Crippen LogP contribution in [0.2, 0.25) is 5.02 Å². The predicted molar refractivity (Wildman–Crippen MR) is 57.5 cm³/mol. The number of aryl methyl sites for hydroxylation is 2. The molecule has 0 aromatic rings. The number of hydrogen-bond acceptors (Lipinski definition) is 0. The molecule has 0 nitrogen and oxygen atoms in total. The highest BCUT2D eigenvalue weighted by molar-refractivity contribution is 6.33. The average Bonchev–Trinajstić information content (AvgIpc) is 2.47. The molecule has 0 bridgehead atoms. The third-order valence-electron chi connectivity index (χ3n) is 2.30. The molecule has 0 fully saturated rings. The minimum absolute atomic E-state index is 0.839. The van der Waals surface area contributed by atoms with Gasteiger partial charge in [-0.15, -0.1) is 0 Å². The van der Waals surface area contributed by atoms with Crippen LogP contribution in [0.15, 0.2) is 30.3 Å². The zero-order valence-corrected chi connectivity index (χ0v) is 8.52. The molecule has 0 unspecified atom stereocenters. The van der Waals surface area contributed by atoms with E-state index in [1.807, 2.05) is 12.1 Å². The van der Waals surface area contributed by atoms with Gasteiger partial charge in [0.25, 0.3) is 0 Å². The summed E-state index contributed by atoms with van der Waals surface area (Å²) >= 11 is 6.16. The Morgan fingerprint density at radius 2 is 1.69 bits per heavy atom. The van der Waals surface area contributed by atoms with Crippen molar-refractivity contribution in [3.63, 3.8) is 0 Å². The topological polar surface area (TPSA) is 0 Å². The van der Waals surface area contributed by atoms with Crippen molar-refractivity contribution >= 4 is 11.6 Å². The van der Waals surface area contributed by atoms with Crippen LogP contribution in [-0.4, -0.2) is 0 Å². The molecule has 0 N–H and O–H groups in total. The van der Waals surface area contributed by atoms with E-state index in [0.29, 0.717) is 0 Å². The van der Waals surface area contributed by atoms with E-state index in [9.17, 15) is 0 Å². The molecule has 0 saturated heterocycles. The monoisotopic (exact) mass is 190 g/mol. The lowest BCUT2D eigenvalue weighted by molar-refractivity contribution is 1.44. The van der Waals surface area contributed by atoms with Gasteiger partial charge in [0.2, 0.25) is 0 Å². The largest absolute Gasteiger partial charge is 0.0837 e. The highest BCUT2D eigenvalue weighted by Crippen LogP contribution is 2.32. The molecule has 0 heterocycles. The van der Waals surface area contributed by atoms with Crippen molar-refractivity contribution in [2.24, 2.45) is 0 Å². The molecule has 13 heavy (non-hydrogen) atoms. The van der Waals surface area contributed by atoms with Crippen LogP contribution in [0, 0.1) is 13.8 Å². The average molecular weight is 191 g/mol. The van der Waals surface area contributed by atoms with Gasteiger partial charge in [-0.3, -0.25) is 0 Å². The third-order valence-corrected chi connectivity index (χ3v) is 2.61. The molecular weight excluding hydrogens is 180 g/mol. The Labute approximate surface area is 83.5 Å². The summed E-state index contributed by atoms with van der Waals surface area (Å²) < 4.78 is 0. The van der Waals surface area contributed by atoms with Gasteiger partial charge in [-0.1, -0.05) is 35.9 Å². The molecule has 2 aliphatic carbocycles. The van der Waals surface area contributed by atoms with Gasteiger partial charge in [0.1, 0.15) is 0 Å². The van der Waals surface area contributed by atoms with Crippen LogP contribution >= 0.6 is 11.6 Å². The zero-order valence-electron chi connectivity index (χ0n) is 7.76. The minimum Gasteiger partial charge on any atom is -0.0837 e. The molecule has 0 aliphatic heterocycles. The summed E-state index contributed by atoms with van der Waals surface area (Å²) in [5, 5.41) is 0.839. The summed E-state index contributed by atoms with van der Waals surface area (Å²) in [7, 11) is 0. The Kier molecular flexibility index (Phi) is 2.01. The minimum atomic E-state index is 0.839. The molecule has 0 amide bonds. The first kappa shape index (κ1) is 8.58. The summed E-state index contributed by atoms with van der Waals surface area (Å²) in [5.41, 5.74) is 4.88. The molecule has 0 aromatic carbocycles. The van der Waals surface area contributed by atoms with E-state index in [1.54, 1.807) is 0 Å². The number of halogens is 1. The maximum Gasteiger partial charge on any atom is 0.0487 e. The Hall–Kier alpha value is -1.01. The van der Waals surface area contributed by atoms with E-state index < -0.39 is 0 Å². The molecule has 2 aliphatic rings. The molecule has 66 valence electrons. The van der Waals surface area contributed by atoms with Gasteiger partial charge in [-0.25, -0.2) is 0 Å². The second-order valence-electron chi connectivity index (χ2n) is 3.42. The molecule has 0 saturated carbocycles. The van der Waals surface area contributed by atoms with Crippen LogP contribution in [-0.2, 0) is 0 Å². The normalized spacial score (nSPS) is 10.7. The Balaban J connectivity index is 2.85. The SMILES string of the molecule is Cc1cc(C)c2cccc-2c(Cl)c1. The van der Waals surface area contributed by atoms with Gasteiger partial charge in [0.05, 0.1) is 0 Å². The molecule has 2 rings (SSSR count). The maximum absolute atomic E-state index is 6.16. The second-order valence-corrected chi connectivity index (χ2v) is 3.82. The lowest BCUT2D eigenvalue weighted by Crippen LogP contribution is -1.72. The van der Waals surface area contributed by atoms with Crippen molar-refractivity contribution in [2.75, 3.05) is 0 Å². The fraction of sp³-hybridized carbons (Fsp3) is 0.167. The summed E-state index contributed by atoms with van der Waals surface area (Å²) in [4.78, 5) is 0. The van der Waals surface area contributed by atoms with Gasteiger partial charge < -0.3 is 0 Å². The zero-order chi connectivity index (χ0) is 9.42. The van der Waals surface area contributed by atoms with Crippen molar-refractivity contribution in [3.05, 3.63) is 46.5 Å². The first-order valence-electron chi connectivity index (χ1n) is 4.34. The van der Waals surface area contributed by atoms with Crippen molar-refractivity contribution in [3.8, 4) is 11.1 Å². The van der Waals surface area contributed by atoms with Crippen LogP contribution in [0.4, 0.5) is 0 Å². The Bertz CT molecular complexity index is 381. The lowest BCUT2D eigenvalue weighted by atomic mass is 10.1. The first-order chi connectivity index (χ1) is 6.18. The molecule has 1 heteroatoms. The fourth-order valence-corrected chi connectivity index (χ4v) is 2.05. The summed E-state index contributed by atoms with van der Waals surface area (Å²) in [6.07, 6.45) is 0. The molecule has 0 aromatic heterocycles. The van der Waals surface area contributed by atoms with Crippen LogP contribution in [0.5, 0.6) is 0 Å². The standard InChI is InChI=1S/C12H11Cl/c1-8-6-9(2)10-4-3-5-11(10)12(13)7-8/h3-7H,1-2H3. The molecule has 0 spiro atoms. The van der Waals surface area contributed by atoms with Gasteiger partial charge in [-0.05, 0) is 36.6 Å². The van der Waals surface area contributed by atoms with E-state index in [4.69, 9.17) is 11.6 Å². The number of hydrogen-bond donors (Lipinski definition) is 0. The fourth-order valence-electron chi connectivity index (χ4n) is 1.71.